The zero-order chi connectivity index (χ0) is 4.99. The molecular weight excluding hydrogens is 89.0 g/mol. The van der Waals surface area contributed by atoms with Gasteiger partial charge in [0.25, 0.3) is 0 Å². The molecule has 0 aliphatic heterocycles. The Morgan fingerprint density at radius 2 is 2.50 bits per heavy atom. The second-order valence-corrected chi connectivity index (χ2v) is 1.73. The van der Waals surface area contributed by atoms with Crippen LogP contribution in [-0.4, -0.2) is 40.9 Å². The molecule has 0 saturated carbocycles. The fourth-order valence-electron chi connectivity index (χ4n) is 0.177. The van der Waals surface area contributed by atoms with Gasteiger partial charge in [0.15, 0.2) is 0 Å². The van der Waals surface area contributed by atoms with Crippen LogP contribution in [0, 0.1) is 0 Å². The van der Waals surface area contributed by atoms with Gasteiger partial charge in [-0.15, -0.1) is 0 Å². The van der Waals surface area contributed by atoms with Crippen molar-refractivity contribution in [3.8, 4) is 0 Å². The van der Waals surface area contributed by atoms with Gasteiger partial charge in [-0.25, -0.2) is 0 Å². The standard InChI is InChI=1S/C3H6NO.Na/c1-3(5)4-2;/h1H2,2H3,(H,4,5);. The molecule has 0 unspecified atom stereocenters. The first-order valence-corrected chi connectivity index (χ1v) is 3.43. The molecule has 0 atom stereocenters. The van der Waals surface area contributed by atoms with Gasteiger partial charge in [0.05, 0.1) is 0 Å². The van der Waals surface area contributed by atoms with Crippen LogP contribution in [0.4, 0.5) is 0 Å². The number of hydrogen-bond donors (Lipinski definition) is 1. The van der Waals surface area contributed by atoms with Gasteiger partial charge in [0.2, 0.25) is 0 Å². The molecule has 0 spiro atoms. The maximum absolute atomic E-state index is 10.1. The molecule has 0 saturated heterocycles. The second kappa shape index (κ2) is 3.65. The van der Waals surface area contributed by atoms with E-state index in [1.165, 1.54) is 0 Å². The van der Waals surface area contributed by atoms with E-state index in [9.17, 15) is 4.79 Å². The summed E-state index contributed by atoms with van der Waals surface area (Å²) in [5.41, 5.74) is 0. The van der Waals surface area contributed by atoms with Crippen molar-refractivity contribution in [2.75, 3.05) is 7.05 Å². The van der Waals surface area contributed by atoms with Crippen molar-refractivity contribution in [1.82, 2.24) is 5.32 Å². The average molecular weight is 95.1 g/mol. The third-order valence-electron chi connectivity index (χ3n) is 0.600. The molecule has 0 fully saturated rings. The summed E-state index contributed by atoms with van der Waals surface area (Å²) in [5, 5.41) is 2.51. The van der Waals surface area contributed by atoms with Gasteiger partial charge in [-0.2, -0.15) is 0 Å². The Kier molecular flexibility index (Phi) is 3.94. The minimum absolute atomic E-state index is 0.154. The molecule has 3 heteroatoms. The second-order valence-electron chi connectivity index (χ2n) is 1.03. The molecule has 0 rings (SSSR count). The van der Waals surface area contributed by atoms with Crippen LogP contribution in [0.3, 0.4) is 0 Å². The third-order valence-corrected chi connectivity index (χ3v) is 1.24. The monoisotopic (exact) mass is 95.0 g/mol. The quantitative estimate of drug-likeness (QED) is 0.429. The van der Waals surface area contributed by atoms with Crippen LogP contribution in [0.2, 0.25) is 3.67 Å². The van der Waals surface area contributed by atoms with Gasteiger partial charge in [0, 0.05) is 0 Å². The van der Waals surface area contributed by atoms with Crippen molar-refractivity contribution in [2.24, 2.45) is 0 Å². The van der Waals surface area contributed by atoms with E-state index in [0.717, 1.165) is 31.6 Å². The Morgan fingerprint density at radius 3 is 2.50 bits per heavy atom. The zero-order valence-electron chi connectivity index (χ0n) is 4.12. The van der Waals surface area contributed by atoms with Crippen LogP contribution >= 0.6 is 0 Å². The van der Waals surface area contributed by atoms with Crippen LogP contribution < -0.4 is 5.32 Å². The van der Waals surface area contributed by atoms with Gasteiger partial charge >= 0.3 is 54.7 Å². The van der Waals surface area contributed by atoms with Crippen LogP contribution in [0.5, 0.6) is 0 Å². The van der Waals surface area contributed by atoms with Crippen LogP contribution in [0.25, 0.3) is 0 Å². The first kappa shape index (κ1) is 6.47. The third kappa shape index (κ3) is 2.69. The normalized spacial score (nSPS) is 7.83. The number of amides is 1. The number of rotatable bonds is 1. The van der Waals surface area contributed by atoms with E-state index in [4.69, 9.17) is 0 Å². The van der Waals surface area contributed by atoms with Crippen molar-refractivity contribution >= 4 is 33.8 Å². The van der Waals surface area contributed by atoms with Crippen molar-refractivity contribution in [1.29, 1.82) is 0 Å². The SMILES string of the molecule is CNC(=O)[CH2][Na]. The first-order valence-electron chi connectivity index (χ1n) is 2.01. The summed E-state index contributed by atoms with van der Waals surface area (Å²) < 4.78 is 0.719. The Labute approximate surface area is 54.7 Å². The molecule has 6 heavy (non-hydrogen) atoms. The molecule has 0 aromatic rings. The predicted molar refractivity (Wildman–Crippen MR) is 24.6 cm³/mol. The molecule has 1 amide bonds. The van der Waals surface area contributed by atoms with E-state index < -0.39 is 0 Å². The van der Waals surface area contributed by atoms with E-state index in [2.05, 4.69) is 5.32 Å². The number of nitrogens with one attached hydrogen (secondary N) is 1. The minimum atomic E-state index is 0.154. The van der Waals surface area contributed by atoms with Crippen LogP contribution in [-0.2, 0) is 4.79 Å². The Balaban J connectivity index is 2.99. The first-order chi connectivity index (χ1) is 2.81. The molecule has 0 bridgehead atoms. The molecule has 30 valence electrons. The molecule has 1 N–H and O–H groups in total. The van der Waals surface area contributed by atoms with Crippen molar-refractivity contribution in [3.05, 3.63) is 0 Å². The molecular formula is C3H6NNaO. The number of carbonyl (C=O) groups is 1. The zero-order valence-corrected chi connectivity index (χ0v) is 6.12. The summed E-state index contributed by atoms with van der Waals surface area (Å²) in [5.74, 6) is 0.154. The summed E-state index contributed by atoms with van der Waals surface area (Å²) in [6, 6.07) is 0. The fourth-order valence-corrected chi connectivity index (χ4v) is 0.530. The number of carbonyl (C=O) groups excluding carboxylic acids is 1. The average Bonchev–Trinajstić information content (AvgIpc) is 1.65. The predicted octanol–water partition coefficient (Wildman–Crippen LogP) is -0.681. The molecule has 2 nitrogen and oxygen atoms in total. The van der Waals surface area contributed by atoms with Gasteiger partial charge < -0.3 is 0 Å². The van der Waals surface area contributed by atoms with Gasteiger partial charge in [-0.1, -0.05) is 0 Å². The maximum atomic E-state index is 10.1. The molecule has 0 radical (unpaired) electrons. The summed E-state index contributed by atoms with van der Waals surface area (Å²) in [6.07, 6.45) is 0. The number of hydrogen-bond acceptors (Lipinski definition) is 1. The molecule has 0 aliphatic carbocycles. The van der Waals surface area contributed by atoms with Crippen molar-refractivity contribution < 1.29 is 4.79 Å². The van der Waals surface area contributed by atoms with E-state index in [1.807, 2.05) is 0 Å². The molecule has 0 aliphatic rings. The topological polar surface area (TPSA) is 29.1 Å². The van der Waals surface area contributed by atoms with Crippen LogP contribution in [0.15, 0.2) is 0 Å². The van der Waals surface area contributed by atoms with E-state index >= 15 is 0 Å². The van der Waals surface area contributed by atoms with Crippen molar-refractivity contribution in [3.63, 3.8) is 0 Å². The Morgan fingerprint density at radius 1 is 2.00 bits per heavy atom. The summed E-state index contributed by atoms with van der Waals surface area (Å²) in [4.78, 5) is 10.1. The molecule has 0 heterocycles. The fraction of sp³-hybridized carbons (Fsp3) is 0.667. The van der Waals surface area contributed by atoms with Crippen molar-refractivity contribution in [2.45, 2.75) is 3.67 Å². The summed E-state index contributed by atoms with van der Waals surface area (Å²) in [6.45, 7) is 0. The van der Waals surface area contributed by atoms with Crippen LogP contribution in [0.1, 0.15) is 0 Å². The summed E-state index contributed by atoms with van der Waals surface area (Å²) in [7, 11) is 1.65. The molecule has 0 aromatic heterocycles. The Hall–Kier alpha value is 0.470. The Bertz CT molecular complexity index is 48.8. The van der Waals surface area contributed by atoms with Gasteiger partial charge in [-0.05, 0) is 0 Å². The van der Waals surface area contributed by atoms with Gasteiger partial charge in [0.1, 0.15) is 0 Å². The summed E-state index contributed by atoms with van der Waals surface area (Å²) >= 11 is 0.970. The van der Waals surface area contributed by atoms with Gasteiger partial charge in [-0.3, -0.25) is 0 Å². The van der Waals surface area contributed by atoms with E-state index in [0.29, 0.717) is 0 Å². The molecule has 0 aromatic carbocycles. The van der Waals surface area contributed by atoms with E-state index in [1.54, 1.807) is 7.05 Å². The van der Waals surface area contributed by atoms with E-state index in [-0.39, 0.29) is 5.91 Å².